The van der Waals surface area contributed by atoms with Gasteiger partial charge < -0.3 is 14.8 Å². The molecule has 1 heterocycles. The second-order valence-electron chi connectivity index (χ2n) is 5.73. The molecule has 0 spiro atoms. The topological polar surface area (TPSA) is 73.3 Å². The molecular weight excluding hydrogens is 326 g/mol. The van der Waals surface area contributed by atoms with Gasteiger partial charge in [-0.2, -0.15) is 0 Å². The molecule has 0 unspecified atom stereocenters. The zero-order valence-corrected chi connectivity index (χ0v) is 13.3. The van der Waals surface area contributed by atoms with Crippen LogP contribution in [0.4, 0.5) is 4.79 Å². The van der Waals surface area contributed by atoms with Crippen LogP contribution < -0.4 is 10.1 Å². The van der Waals surface area contributed by atoms with Gasteiger partial charge in [-0.1, -0.05) is 0 Å². The summed E-state index contributed by atoms with van der Waals surface area (Å²) in [6.07, 6.45) is 4.32. The summed E-state index contributed by atoms with van der Waals surface area (Å²) in [5, 5.41) is 2.81. The van der Waals surface area contributed by atoms with E-state index in [9.17, 15) is 4.79 Å². The average molecular weight is 344 g/mol. The number of nitrogens with one attached hydrogen (secondary N) is 1. The Morgan fingerprint density at radius 2 is 2.10 bits per heavy atom. The van der Waals surface area contributed by atoms with Gasteiger partial charge in [-0.05, 0) is 36.7 Å². The van der Waals surface area contributed by atoms with Gasteiger partial charge in [0.05, 0.1) is 12.4 Å². The molecule has 0 saturated heterocycles. The first kappa shape index (κ1) is 15.0. The minimum Gasteiger partial charge on any atom is -0.473 e. The Bertz CT molecular complexity index is 484. The molecule has 0 atom stereocenters. The molecule has 1 aromatic heterocycles. The third kappa shape index (κ3) is 4.63. The average Bonchev–Trinajstić information content (AvgIpc) is 2.23. The third-order valence-electron chi connectivity index (χ3n) is 2.69. The van der Waals surface area contributed by atoms with Crippen LogP contribution >= 0.6 is 15.9 Å². The van der Waals surface area contributed by atoms with E-state index in [2.05, 4.69) is 31.2 Å². The van der Waals surface area contributed by atoms with Crippen LogP contribution in [0.2, 0.25) is 0 Å². The molecule has 1 amide bonds. The van der Waals surface area contributed by atoms with E-state index in [1.807, 2.05) is 20.8 Å². The zero-order chi connectivity index (χ0) is 14.8. The second-order valence-corrected chi connectivity index (χ2v) is 6.55. The molecule has 7 heteroatoms. The lowest BCUT2D eigenvalue weighted by atomic mass is 9.89. The van der Waals surface area contributed by atoms with Crippen molar-refractivity contribution in [2.24, 2.45) is 0 Å². The summed E-state index contributed by atoms with van der Waals surface area (Å²) >= 11 is 3.24. The van der Waals surface area contributed by atoms with Gasteiger partial charge in [0.15, 0.2) is 0 Å². The van der Waals surface area contributed by atoms with E-state index in [1.54, 1.807) is 12.4 Å². The fraction of sp³-hybridized carbons (Fsp3) is 0.615. The van der Waals surface area contributed by atoms with Gasteiger partial charge in [-0.3, -0.25) is 4.98 Å². The van der Waals surface area contributed by atoms with Crippen molar-refractivity contribution in [3.8, 4) is 5.88 Å². The SMILES string of the molecule is CC(C)(C)OC(=O)NC1CC(Oc2cncc(Br)n2)C1. The summed E-state index contributed by atoms with van der Waals surface area (Å²) in [5.74, 6) is 0.486. The van der Waals surface area contributed by atoms with Gasteiger partial charge in [-0.15, -0.1) is 0 Å². The number of nitrogens with zero attached hydrogens (tertiary/aromatic N) is 2. The van der Waals surface area contributed by atoms with Gasteiger partial charge in [0.2, 0.25) is 5.88 Å². The summed E-state index contributed by atoms with van der Waals surface area (Å²) < 4.78 is 11.5. The summed E-state index contributed by atoms with van der Waals surface area (Å²) in [6.45, 7) is 5.52. The molecule has 0 aliphatic heterocycles. The number of halogens is 1. The van der Waals surface area contributed by atoms with Gasteiger partial charge in [0.25, 0.3) is 0 Å². The van der Waals surface area contributed by atoms with E-state index < -0.39 is 5.60 Å². The highest BCUT2D eigenvalue weighted by atomic mass is 79.9. The van der Waals surface area contributed by atoms with Crippen molar-refractivity contribution in [1.29, 1.82) is 0 Å². The van der Waals surface area contributed by atoms with Crippen LogP contribution in [0.15, 0.2) is 17.0 Å². The van der Waals surface area contributed by atoms with E-state index >= 15 is 0 Å². The largest absolute Gasteiger partial charge is 0.473 e. The van der Waals surface area contributed by atoms with E-state index in [-0.39, 0.29) is 18.2 Å². The van der Waals surface area contributed by atoms with Crippen LogP contribution in [-0.2, 0) is 4.74 Å². The van der Waals surface area contributed by atoms with E-state index in [1.165, 1.54) is 0 Å². The second kappa shape index (κ2) is 5.95. The van der Waals surface area contributed by atoms with Crippen molar-refractivity contribution < 1.29 is 14.3 Å². The van der Waals surface area contributed by atoms with Crippen LogP contribution in [0.5, 0.6) is 5.88 Å². The molecule has 20 heavy (non-hydrogen) atoms. The molecule has 1 aromatic rings. The van der Waals surface area contributed by atoms with Gasteiger partial charge in [-0.25, -0.2) is 9.78 Å². The zero-order valence-electron chi connectivity index (χ0n) is 11.7. The van der Waals surface area contributed by atoms with Crippen LogP contribution in [-0.4, -0.2) is 33.8 Å². The Morgan fingerprint density at radius 3 is 2.70 bits per heavy atom. The molecule has 0 aromatic carbocycles. The molecule has 2 rings (SSSR count). The number of hydrogen-bond acceptors (Lipinski definition) is 5. The number of ether oxygens (including phenoxy) is 2. The quantitative estimate of drug-likeness (QED) is 0.913. The molecule has 0 bridgehead atoms. The van der Waals surface area contributed by atoms with Crippen molar-refractivity contribution in [2.75, 3.05) is 0 Å². The van der Waals surface area contributed by atoms with E-state index in [4.69, 9.17) is 9.47 Å². The first-order valence-electron chi connectivity index (χ1n) is 6.45. The molecular formula is C13H18BrN3O3. The Balaban J connectivity index is 1.71. The summed E-state index contributed by atoms with van der Waals surface area (Å²) in [7, 11) is 0. The van der Waals surface area contributed by atoms with Gasteiger partial charge >= 0.3 is 6.09 Å². The van der Waals surface area contributed by atoms with Gasteiger partial charge in [0, 0.05) is 18.9 Å². The normalized spacial score (nSPS) is 21.8. The number of hydrogen-bond donors (Lipinski definition) is 1. The van der Waals surface area contributed by atoms with E-state index in [0.29, 0.717) is 10.5 Å². The molecule has 1 saturated carbocycles. The predicted molar refractivity (Wildman–Crippen MR) is 76.5 cm³/mol. The molecule has 1 aliphatic carbocycles. The molecule has 1 aliphatic rings. The maximum absolute atomic E-state index is 11.6. The maximum atomic E-state index is 11.6. The maximum Gasteiger partial charge on any atom is 0.407 e. The number of rotatable bonds is 3. The van der Waals surface area contributed by atoms with Crippen molar-refractivity contribution in [3.63, 3.8) is 0 Å². The Morgan fingerprint density at radius 1 is 1.40 bits per heavy atom. The Labute approximate surface area is 126 Å². The van der Waals surface area contributed by atoms with Crippen molar-refractivity contribution in [3.05, 3.63) is 17.0 Å². The number of amides is 1. The lowest BCUT2D eigenvalue weighted by Gasteiger charge is -2.35. The first-order valence-corrected chi connectivity index (χ1v) is 7.25. The third-order valence-corrected chi connectivity index (χ3v) is 3.07. The predicted octanol–water partition coefficient (Wildman–Crippen LogP) is 2.67. The molecule has 110 valence electrons. The molecule has 1 N–H and O–H groups in total. The summed E-state index contributed by atoms with van der Waals surface area (Å²) in [5.41, 5.74) is -0.477. The molecule has 6 nitrogen and oxygen atoms in total. The monoisotopic (exact) mass is 343 g/mol. The Kier molecular flexibility index (Phi) is 4.47. The first-order chi connectivity index (χ1) is 9.32. The van der Waals surface area contributed by atoms with Crippen molar-refractivity contribution in [2.45, 2.75) is 51.4 Å². The minimum absolute atomic E-state index is 0.0542. The number of aromatic nitrogens is 2. The van der Waals surface area contributed by atoms with Crippen LogP contribution in [0.1, 0.15) is 33.6 Å². The highest BCUT2D eigenvalue weighted by Crippen LogP contribution is 2.25. The Hall–Kier alpha value is -1.37. The molecule has 1 fully saturated rings. The highest BCUT2D eigenvalue weighted by Gasteiger charge is 2.33. The van der Waals surface area contributed by atoms with Crippen molar-refractivity contribution >= 4 is 22.0 Å². The highest BCUT2D eigenvalue weighted by molar-refractivity contribution is 9.10. The fourth-order valence-corrected chi connectivity index (χ4v) is 2.10. The number of alkyl carbamates (subject to hydrolysis) is 1. The number of carbonyl (C=O) groups is 1. The molecule has 0 radical (unpaired) electrons. The van der Waals surface area contributed by atoms with Gasteiger partial charge in [0.1, 0.15) is 16.3 Å². The summed E-state index contributed by atoms with van der Waals surface area (Å²) in [4.78, 5) is 19.7. The van der Waals surface area contributed by atoms with Crippen LogP contribution in [0.25, 0.3) is 0 Å². The summed E-state index contributed by atoms with van der Waals surface area (Å²) in [6, 6.07) is 0.0926. The lowest BCUT2D eigenvalue weighted by Crippen LogP contribution is -2.50. The lowest BCUT2D eigenvalue weighted by molar-refractivity contribution is 0.0353. The standard InChI is InChI=1S/C13H18BrN3O3/c1-13(2,3)20-12(18)16-8-4-9(5-8)19-11-7-15-6-10(14)17-11/h6-9H,4-5H2,1-3H3,(H,16,18). The van der Waals surface area contributed by atoms with Crippen LogP contribution in [0.3, 0.4) is 0 Å². The smallest absolute Gasteiger partial charge is 0.407 e. The fourth-order valence-electron chi connectivity index (χ4n) is 1.81. The number of carbonyl (C=O) groups excluding carboxylic acids is 1. The van der Waals surface area contributed by atoms with Crippen LogP contribution in [0, 0.1) is 0 Å². The van der Waals surface area contributed by atoms with E-state index in [0.717, 1.165) is 12.8 Å². The van der Waals surface area contributed by atoms with Crippen molar-refractivity contribution in [1.82, 2.24) is 15.3 Å². The minimum atomic E-state index is -0.477.